The van der Waals surface area contributed by atoms with Crippen molar-refractivity contribution in [2.45, 2.75) is 19.8 Å². The first-order chi connectivity index (χ1) is 11.8. The molecule has 3 rings (SSSR count). The number of ether oxygens (including phenoxy) is 2. The zero-order valence-electron chi connectivity index (χ0n) is 14.4. The molecule has 2 nitrogen and oxygen atoms in total. The molecule has 0 N–H and O–H groups in total. The lowest BCUT2D eigenvalue weighted by molar-refractivity contribution is 0.160. The molecule has 24 heavy (non-hydrogen) atoms. The van der Waals surface area contributed by atoms with E-state index in [4.69, 9.17) is 9.47 Å². The van der Waals surface area contributed by atoms with E-state index in [9.17, 15) is 0 Å². The number of benzene rings is 2. The summed E-state index contributed by atoms with van der Waals surface area (Å²) in [6.07, 6.45) is 2.19. The van der Waals surface area contributed by atoms with Gasteiger partial charge in [0.15, 0.2) is 0 Å². The smallest absolute Gasteiger partial charge is 0.122 e. The lowest BCUT2D eigenvalue weighted by Gasteiger charge is -2.20. The van der Waals surface area contributed by atoms with Gasteiger partial charge in [-0.15, -0.1) is 0 Å². The Morgan fingerprint density at radius 2 is 1.50 bits per heavy atom. The number of hydrogen-bond acceptors (Lipinski definition) is 2. The zero-order chi connectivity index (χ0) is 16.8. The first kappa shape index (κ1) is 16.5. The van der Waals surface area contributed by atoms with Gasteiger partial charge >= 0.3 is 0 Å². The Morgan fingerprint density at radius 3 is 2.12 bits per heavy atom. The van der Waals surface area contributed by atoms with Gasteiger partial charge in [-0.1, -0.05) is 60.7 Å². The summed E-state index contributed by atoms with van der Waals surface area (Å²) in [7, 11) is 0. The molecule has 1 unspecified atom stereocenters. The highest BCUT2D eigenvalue weighted by molar-refractivity contribution is 5.80. The maximum atomic E-state index is 5.94. The predicted octanol–water partition coefficient (Wildman–Crippen LogP) is 5.19. The molecule has 0 heterocycles. The van der Waals surface area contributed by atoms with Crippen molar-refractivity contribution in [3.8, 4) is 0 Å². The molecule has 1 atom stereocenters. The molecule has 1 aliphatic rings. The van der Waals surface area contributed by atoms with Gasteiger partial charge in [-0.25, -0.2) is 0 Å². The topological polar surface area (TPSA) is 18.5 Å². The van der Waals surface area contributed by atoms with Gasteiger partial charge in [-0.05, 0) is 36.6 Å². The minimum Gasteiger partial charge on any atom is -0.494 e. The summed E-state index contributed by atoms with van der Waals surface area (Å²) < 4.78 is 11.7. The molecule has 0 amide bonds. The van der Waals surface area contributed by atoms with Crippen LogP contribution < -0.4 is 0 Å². The second-order valence-corrected chi connectivity index (χ2v) is 5.77. The third-order valence-corrected chi connectivity index (χ3v) is 4.26. The summed E-state index contributed by atoms with van der Waals surface area (Å²) in [5, 5.41) is 0. The monoisotopic (exact) mass is 320 g/mol. The van der Waals surface area contributed by atoms with Gasteiger partial charge in [0.05, 0.1) is 13.2 Å². The largest absolute Gasteiger partial charge is 0.494 e. The summed E-state index contributed by atoms with van der Waals surface area (Å²) in [5.41, 5.74) is 5.00. The quantitative estimate of drug-likeness (QED) is 0.698. The molecule has 1 aliphatic carbocycles. The molecule has 0 saturated heterocycles. The van der Waals surface area contributed by atoms with Crippen LogP contribution >= 0.6 is 0 Å². The normalized spacial score (nSPS) is 17.1. The van der Waals surface area contributed by atoms with Crippen LogP contribution in [0.3, 0.4) is 0 Å². The number of rotatable bonds is 7. The maximum absolute atomic E-state index is 5.94. The van der Waals surface area contributed by atoms with Crippen molar-refractivity contribution in [1.29, 1.82) is 0 Å². The molecular formula is C22H24O2. The molecule has 2 aromatic carbocycles. The van der Waals surface area contributed by atoms with E-state index < -0.39 is 0 Å². The van der Waals surface area contributed by atoms with Crippen LogP contribution in [0.25, 0.3) is 5.57 Å². The Labute approximate surface area is 144 Å². The van der Waals surface area contributed by atoms with Gasteiger partial charge in [0.25, 0.3) is 0 Å². The summed E-state index contributed by atoms with van der Waals surface area (Å²) >= 11 is 0. The van der Waals surface area contributed by atoms with E-state index in [0.29, 0.717) is 19.8 Å². The fourth-order valence-corrected chi connectivity index (χ4v) is 3.21. The minimum atomic E-state index is 0.182. The molecule has 0 saturated carbocycles. The highest BCUT2D eigenvalue weighted by atomic mass is 16.5. The Hall–Kier alpha value is -2.32. The Morgan fingerprint density at radius 1 is 0.833 bits per heavy atom. The van der Waals surface area contributed by atoms with Gasteiger partial charge in [0.1, 0.15) is 5.76 Å². The fourth-order valence-electron chi connectivity index (χ4n) is 3.21. The zero-order valence-corrected chi connectivity index (χ0v) is 14.4. The molecule has 0 bridgehead atoms. The third kappa shape index (κ3) is 3.44. The van der Waals surface area contributed by atoms with Crippen molar-refractivity contribution < 1.29 is 9.47 Å². The van der Waals surface area contributed by atoms with Crippen molar-refractivity contribution in [3.63, 3.8) is 0 Å². The Bertz CT molecular complexity index is 714. The van der Waals surface area contributed by atoms with Gasteiger partial charge in [-0.3, -0.25) is 0 Å². The van der Waals surface area contributed by atoms with Crippen LogP contribution in [0.15, 0.2) is 78.1 Å². The van der Waals surface area contributed by atoms with Crippen molar-refractivity contribution in [1.82, 2.24) is 0 Å². The SMILES string of the molecule is CCOCC1=C(OCC)C=C(c2ccccc2)C1c1ccccc1. The molecule has 0 aromatic heterocycles. The second kappa shape index (κ2) is 7.98. The van der Waals surface area contributed by atoms with Crippen LogP contribution in [0.5, 0.6) is 0 Å². The molecule has 124 valence electrons. The standard InChI is InChI=1S/C22H24O2/c1-3-23-16-20-21(24-4-2)15-19(17-11-7-5-8-12-17)22(20)18-13-9-6-10-14-18/h5-15,22H,3-4,16H2,1-2H3. The lowest BCUT2D eigenvalue weighted by atomic mass is 9.85. The van der Waals surface area contributed by atoms with E-state index in [2.05, 4.69) is 66.7 Å². The van der Waals surface area contributed by atoms with Crippen LogP contribution in [-0.4, -0.2) is 19.8 Å². The molecular weight excluding hydrogens is 296 g/mol. The van der Waals surface area contributed by atoms with Crippen LogP contribution in [0.4, 0.5) is 0 Å². The molecule has 2 aromatic rings. The number of allylic oxidation sites excluding steroid dienone is 2. The fraction of sp³-hybridized carbons (Fsp3) is 0.273. The van der Waals surface area contributed by atoms with Gasteiger partial charge in [-0.2, -0.15) is 0 Å². The molecule has 0 radical (unpaired) electrons. The maximum Gasteiger partial charge on any atom is 0.122 e. The van der Waals surface area contributed by atoms with Crippen molar-refractivity contribution in [2.75, 3.05) is 19.8 Å². The van der Waals surface area contributed by atoms with Crippen molar-refractivity contribution >= 4 is 5.57 Å². The average Bonchev–Trinajstić information content (AvgIpc) is 3.00. The lowest BCUT2D eigenvalue weighted by Crippen LogP contribution is -2.09. The van der Waals surface area contributed by atoms with Crippen LogP contribution in [-0.2, 0) is 9.47 Å². The first-order valence-corrected chi connectivity index (χ1v) is 8.60. The third-order valence-electron chi connectivity index (χ3n) is 4.26. The Kier molecular flexibility index (Phi) is 5.50. The van der Waals surface area contributed by atoms with E-state index in [0.717, 1.165) is 5.76 Å². The predicted molar refractivity (Wildman–Crippen MR) is 98.7 cm³/mol. The summed E-state index contributed by atoms with van der Waals surface area (Å²) in [4.78, 5) is 0. The molecule has 0 spiro atoms. The van der Waals surface area contributed by atoms with Crippen LogP contribution in [0.1, 0.15) is 30.9 Å². The van der Waals surface area contributed by atoms with Crippen molar-refractivity contribution in [3.05, 3.63) is 89.2 Å². The second-order valence-electron chi connectivity index (χ2n) is 5.77. The summed E-state index contributed by atoms with van der Waals surface area (Å²) in [5.74, 6) is 1.14. The summed E-state index contributed by atoms with van der Waals surface area (Å²) in [6.45, 7) is 6.00. The summed E-state index contributed by atoms with van der Waals surface area (Å²) in [6, 6.07) is 21.1. The van der Waals surface area contributed by atoms with E-state index in [1.54, 1.807) is 0 Å². The van der Waals surface area contributed by atoms with E-state index in [-0.39, 0.29) is 5.92 Å². The first-order valence-electron chi connectivity index (χ1n) is 8.60. The molecule has 0 fully saturated rings. The van der Waals surface area contributed by atoms with Crippen molar-refractivity contribution in [2.24, 2.45) is 0 Å². The Balaban J connectivity index is 2.06. The van der Waals surface area contributed by atoms with Gasteiger partial charge < -0.3 is 9.47 Å². The number of hydrogen-bond donors (Lipinski definition) is 0. The van der Waals surface area contributed by atoms with E-state index >= 15 is 0 Å². The molecule has 2 heteroatoms. The van der Waals surface area contributed by atoms with E-state index in [1.165, 1.54) is 22.3 Å². The van der Waals surface area contributed by atoms with Crippen LogP contribution in [0, 0.1) is 0 Å². The average molecular weight is 320 g/mol. The highest BCUT2D eigenvalue weighted by Gasteiger charge is 2.31. The van der Waals surface area contributed by atoms with Crippen LogP contribution in [0.2, 0.25) is 0 Å². The van der Waals surface area contributed by atoms with E-state index in [1.807, 2.05) is 13.8 Å². The molecule has 0 aliphatic heterocycles. The van der Waals surface area contributed by atoms with Gasteiger partial charge in [0, 0.05) is 18.1 Å². The highest BCUT2D eigenvalue weighted by Crippen LogP contribution is 2.45. The minimum absolute atomic E-state index is 0.182. The van der Waals surface area contributed by atoms with Gasteiger partial charge in [0.2, 0.25) is 0 Å².